The summed E-state index contributed by atoms with van der Waals surface area (Å²) in [6, 6.07) is 25.1. The van der Waals surface area contributed by atoms with Gasteiger partial charge in [0.2, 0.25) is 0 Å². The molecule has 8 atom stereocenters. The Kier molecular flexibility index (Phi) is 6.21. The van der Waals surface area contributed by atoms with Crippen molar-refractivity contribution in [2.45, 2.75) is 150 Å². The van der Waals surface area contributed by atoms with Gasteiger partial charge in [0.15, 0.2) is 0 Å². The average molecular weight is 605 g/mol. The lowest BCUT2D eigenvalue weighted by atomic mass is 9.29. The van der Waals surface area contributed by atoms with E-state index in [9.17, 15) is 0 Å². The minimum absolute atomic E-state index is 0.688. The first-order chi connectivity index (χ1) is 22.9. The topological polar surface area (TPSA) is 6.48 Å². The first kappa shape index (κ1) is 27.4. The van der Waals surface area contributed by atoms with Crippen LogP contribution < -0.4 is 9.62 Å². The van der Waals surface area contributed by atoms with Crippen molar-refractivity contribution in [2.75, 3.05) is 9.62 Å². The van der Waals surface area contributed by atoms with Crippen LogP contribution >= 0.6 is 0 Å². The summed E-state index contributed by atoms with van der Waals surface area (Å²) in [5, 5.41) is 0. The fraction of sp³-hybridized carbons (Fsp3) is 0.571. The zero-order valence-corrected chi connectivity index (χ0v) is 27.8. The van der Waals surface area contributed by atoms with E-state index in [0.717, 1.165) is 46.9 Å². The van der Waals surface area contributed by atoms with Crippen molar-refractivity contribution in [1.29, 1.82) is 0 Å². The number of hydrogen-bond acceptors (Lipinski definition) is 2. The number of anilines is 4. The molecule has 4 saturated carbocycles. The summed E-state index contributed by atoms with van der Waals surface area (Å²) >= 11 is 0. The predicted octanol–water partition coefficient (Wildman–Crippen LogP) is 12.1. The Hall–Kier alpha value is -2.61. The summed E-state index contributed by atoms with van der Waals surface area (Å²) in [5.41, 5.74) is 13.2. The highest BCUT2D eigenvalue weighted by molar-refractivity contribution is 6.70. The van der Waals surface area contributed by atoms with E-state index in [-0.39, 0.29) is 0 Å². The quantitative estimate of drug-likeness (QED) is 0.236. The molecule has 0 radical (unpaired) electrons. The van der Waals surface area contributed by atoms with Crippen molar-refractivity contribution < 1.29 is 0 Å². The molecular weight excluding hydrogens is 554 g/mol. The Bertz CT molecular complexity index is 1560. The third kappa shape index (κ3) is 3.68. The van der Waals surface area contributed by atoms with E-state index >= 15 is 0 Å². The smallest absolute Gasteiger partial charge is 0.268 e. The van der Waals surface area contributed by atoms with Gasteiger partial charge in [0.05, 0.1) is 0 Å². The van der Waals surface area contributed by atoms with Crippen molar-refractivity contribution in [3.05, 3.63) is 82.9 Å². The van der Waals surface area contributed by atoms with Crippen LogP contribution in [0.15, 0.2) is 60.7 Å². The van der Waals surface area contributed by atoms with Gasteiger partial charge >= 0.3 is 0 Å². The van der Waals surface area contributed by atoms with E-state index < -0.39 is 0 Å². The molecule has 2 nitrogen and oxygen atoms in total. The third-order valence-electron chi connectivity index (χ3n) is 15.3. The van der Waals surface area contributed by atoms with Gasteiger partial charge in [-0.2, -0.15) is 0 Å². The van der Waals surface area contributed by atoms with Crippen LogP contribution in [0.4, 0.5) is 22.7 Å². The van der Waals surface area contributed by atoms with E-state index in [4.69, 9.17) is 0 Å². The van der Waals surface area contributed by atoms with Crippen LogP contribution in [0.3, 0.4) is 0 Å². The fourth-order valence-corrected chi connectivity index (χ4v) is 13.8. The third-order valence-corrected chi connectivity index (χ3v) is 15.3. The molecule has 4 heteroatoms. The molecule has 0 saturated heterocycles. The van der Waals surface area contributed by atoms with Gasteiger partial charge in [0.1, 0.15) is 0 Å². The number of nitrogens with zero attached hydrogens (tertiary/aromatic N) is 2. The van der Waals surface area contributed by atoms with E-state index in [1.165, 1.54) is 103 Å². The monoisotopic (exact) mass is 604 g/mol. The molecule has 0 N–H and O–H groups in total. The van der Waals surface area contributed by atoms with Gasteiger partial charge in [-0.3, -0.25) is 0 Å². The lowest BCUT2D eigenvalue weighted by Gasteiger charge is -2.58. The Labute approximate surface area is 277 Å². The average Bonchev–Trinajstić information content (AvgIpc) is 3.14. The molecule has 234 valence electrons. The molecule has 4 fully saturated rings. The number of para-hydroxylation sites is 2. The maximum atomic E-state index is 3.00. The standard InChI is InChI=1S/C42H50B2N2/c1-7-19-35-27(13-1)31-17-5-11-23-39(31)45-41-25-34-30-16-4-10-22-38(30)44-36-20-8-2-14-28(36)32-18-6-12-24-40(32)46(44)42(34)26-33(41)29-15-3-9-21-37(29)43(35)45/h5-6,11-12,17-18,23-30,35-38H,1-4,7-10,13-16,19-22H2. The van der Waals surface area contributed by atoms with Gasteiger partial charge in [0.25, 0.3) is 13.7 Å². The summed E-state index contributed by atoms with van der Waals surface area (Å²) in [7, 11) is 0. The number of hydrogen-bond donors (Lipinski definition) is 0. The van der Waals surface area contributed by atoms with Crippen molar-refractivity contribution >= 4 is 36.4 Å². The molecule has 46 heavy (non-hydrogen) atoms. The number of rotatable bonds is 0. The van der Waals surface area contributed by atoms with E-state index in [1.54, 1.807) is 45.0 Å². The number of benzene rings is 3. The minimum Gasteiger partial charge on any atom is -0.385 e. The van der Waals surface area contributed by atoms with E-state index in [0.29, 0.717) is 13.7 Å². The Morgan fingerprint density at radius 1 is 0.370 bits per heavy atom. The molecule has 4 aliphatic carbocycles. The molecule has 4 heterocycles. The van der Waals surface area contributed by atoms with Crippen LogP contribution in [0.1, 0.15) is 149 Å². The molecule has 8 aliphatic rings. The SMILES string of the molecule is c1ccc2c(c1)C1CCCCC1B1C3CCCCC3c3cc4c(cc3N12)C1CCCCC1B1C2CCCCC2c2ccccc2N14. The summed E-state index contributed by atoms with van der Waals surface area (Å²) in [5.74, 6) is 6.24. The van der Waals surface area contributed by atoms with Crippen molar-refractivity contribution in [3.63, 3.8) is 0 Å². The minimum atomic E-state index is 0.688. The molecule has 8 unspecified atom stereocenters. The first-order valence-corrected chi connectivity index (χ1v) is 19.8. The molecule has 0 bridgehead atoms. The van der Waals surface area contributed by atoms with Gasteiger partial charge in [-0.25, -0.2) is 0 Å². The Morgan fingerprint density at radius 2 is 0.696 bits per heavy atom. The van der Waals surface area contributed by atoms with Crippen LogP contribution in [0.2, 0.25) is 23.3 Å². The van der Waals surface area contributed by atoms with E-state index in [1.807, 2.05) is 0 Å². The number of fused-ring (bicyclic) bond motifs is 22. The zero-order valence-electron chi connectivity index (χ0n) is 27.8. The van der Waals surface area contributed by atoms with Crippen LogP contribution in [0.25, 0.3) is 0 Å². The first-order valence-electron chi connectivity index (χ1n) is 19.8. The van der Waals surface area contributed by atoms with Crippen molar-refractivity contribution in [1.82, 2.24) is 0 Å². The second kappa shape index (κ2) is 10.4. The molecule has 3 aromatic rings. The summed E-state index contributed by atoms with van der Waals surface area (Å²) in [6.07, 6.45) is 22.7. The maximum absolute atomic E-state index is 3.00. The van der Waals surface area contributed by atoms with Crippen LogP contribution in [-0.4, -0.2) is 13.7 Å². The zero-order chi connectivity index (χ0) is 29.9. The molecule has 4 aliphatic heterocycles. The highest BCUT2D eigenvalue weighted by Gasteiger charge is 2.57. The summed E-state index contributed by atoms with van der Waals surface area (Å²) in [6.45, 7) is 1.38. The normalized spacial score (nSPS) is 35.1. The van der Waals surface area contributed by atoms with Gasteiger partial charge < -0.3 is 9.62 Å². The van der Waals surface area contributed by atoms with Crippen molar-refractivity contribution in [2.24, 2.45) is 0 Å². The van der Waals surface area contributed by atoms with Crippen LogP contribution in [0.5, 0.6) is 0 Å². The van der Waals surface area contributed by atoms with Gasteiger partial charge in [-0.1, -0.05) is 113 Å². The molecule has 0 spiro atoms. The molecular formula is C42H50B2N2. The predicted molar refractivity (Wildman–Crippen MR) is 195 cm³/mol. The Morgan fingerprint density at radius 3 is 1.09 bits per heavy atom. The van der Waals surface area contributed by atoms with Gasteiger partial charge in [-0.15, -0.1) is 0 Å². The second-order valence-corrected chi connectivity index (χ2v) is 17.0. The van der Waals surface area contributed by atoms with Crippen LogP contribution in [-0.2, 0) is 0 Å². The molecule has 11 rings (SSSR count). The second-order valence-electron chi connectivity index (χ2n) is 17.0. The highest BCUT2D eigenvalue weighted by Crippen LogP contribution is 2.67. The molecule has 3 aromatic carbocycles. The lowest BCUT2D eigenvalue weighted by molar-refractivity contribution is 0.389. The largest absolute Gasteiger partial charge is 0.385 e. The maximum Gasteiger partial charge on any atom is 0.268 e. The summed E-state index contributed by atoms with van der Waals surface area (Å²) in [4.78, 5) is 5.99. The van der Waals surface area contributed by atoms with Crippen molar-refractivity contribution in [3.8, 4) is 0 Å². The Balaban J connectivity index is 1.16. The highest BCUT2D eigenvalue weighted by atomic mass is 15.1. The van der Waals surface area contributed by atoms with Gasteiger partial charge in [-0.05, 0) is 119 Å². The lowest BCUT2D eigenvalue weighted by Crippen LogP contribution is -2.55. The molecule has 0 amide bonds. The fourth-order valence-electron chi connectivity index (χ4n) is 13.8. The summed E-state index contributed by atoms with van der Waals surface area (Å²) < 4.78 is 0. The van der Waals surface area contributed by atoms with Gasteiger partial charge in [0, 0.05) is 22.7 Å². The molecule has 0 aromatic heterocycles. The van der Waals surface area contributed by atoms with E-state index in [2.05, 4.69) is 70.3 Å². The van der Waals surface area contributed by atoms with Crippen LogP contribution in [0, 0.1) is 0 Å².